The molecule has 0 aliphatic carbocycles. The lowest BCUT2D eigenvalue weighted by molar-refractivity contribution is -0.137. The summed E-state index contributed by atoms with van der Waals surface area (Å²) >= 11 is 0.296. The van der Waals surface area contributed by atoms with Gasteiger partial charge in [0.15, 0.2) is 5.01 Å². The molecule has 0 radical (unpaired) electrons. The number of amides is 1. The van der Waals surface area contributed by atoms with E-state index in [2.05, 4.69) is 26.8 Å². The highest BCUT2D eigenvalue weighted by Gasteiger charge is 2.35. The Bertz CT molecular complexity index is 963. The second-order valence-corrected chi connectivity index (χ2v) is 7.04. The average Bonchev–Trinajstić information content (AvgIpc) is 3.16. The van der Waals surface area contributed by atoms with Crippen molar-refractivity contribution in [3.05, 3.63) is 63.9 Å². The van der Waals surface area contributed by atoms with Gasteiger partial charge in [-0.1, -0.05) is 19.6 Å². The van der Waals surface area contributed by atoms with E-state index in [-0.39, 0.29) is 17.4 Å². The van der Waals surface area contributed by atoms with Gasteiger partial charge in [0.2, 0.25) is 5.95 Å². The van der Waals surface area contributed by atoms with Gasteiger partial charge in [-0.05, 0) is 42.2 Å². The fourth-order valence-electron chi connectivity index (χ4n) is 2.25. The van der Waals surface area contributed by atoms with Crippen molar-refractivity contribution >= 4 is 28.8 Å². The van der Waals surface area contributed by atoms with Crippen molar-refractivity contribution in [2.24, 2.45) is 0 Å². The number of thiazole rings is 1. The molecule has 2 heterocycles. The van der Waals surface area contributed by atoms with Gasteiger partial charge in [0.05, 0.1) is 11.9 Å². The zero-order valence-electron chi connectivity index (χ0n) is 15.9. The molecule has 1 amide bonds. The van der Waals surface area contributed by atoms with Crippen LogP contribution in [0.3, 0.4) is 0 Å². The third-order valence-electron chi connectivity index (χ3n) is 3.76. The highest BCUT2D eigenvalue weighted by atomic mass is 32.1. The zero-order valence-corrected chi connectivity index (χ0v) is 16.7. The van der Waals surface area contributed by atoms with Crippen LogP contribution >= 0.6 is 11.3 Å². The Hall–Kier alpha value is -3.01. The summed E-state index contributed by atoms with van der Waals surface area (Å²) in [6, 6.07) is 1.73. The topological polar surface area (TPSA) is 93.8 Å². The number of nitrogens with one attached hydrogen (secondary N) is 1. The summed E-state index contributed by atoms with van der Waals surface area (Å²) in [7, 11) is 0. The number of alkyl halides is 3. The van der Waals surface area contributed by atoms with E-state index in [1.807, 2.05) is 26.0 Å². The Balaban J connectivity index is 2.06. The van der Waals surface area contributed by atoms with E-state index >= 15 is 0 Å². The zero-order chi connectivity index (χ0) is 21.6. The minimum atomic E-state index is -4.57. The molecule has 0 saturated heterocycles. The van der Waals surface area contributed by atoms with E-state index in [9.17, 15) is 18.0 Å². The molecule has 0 fully saturated rings. The fourth-order valence-corrected chi connectivity index (χ4v) is 2.95. The van der Waals surface area contributed by atoms with Crippen molar-refractivity contribution < 1.29 is 18.0 Å². The van der Waals surface area contributed by atoms with Crippen LogP contribution in [0.15, 0.2) is 48.3 Å². The number of carbonyl (C=O) groups is 1. The lowest BCUT2D eigenvalue weighted by Gasteiger charge is -2.10. The van der Waals surface area contributed by atoms with Crippen LogP contribution in [0.5, 0.6) is 0 Å². The van der Waals surface area contributed by atoms with Gasteiger partial charge in [0.1, 0.15) is 4.88 Å². The van der Waals surface area contributed by atoms with E-state index in [1.165, 1.54) is 0 Å². The minimum absolute atomic E-state index is 0.0751. The molecule has 0 aliphatic heterocycles. The highest BCUT2D eigenvalue weighted by molar-refractivity contribution is 7.13. The van der Waals surface area contributed by atoms with Gasteiger partial charge < -0.3 is 11.1 Å². The number of nitrogen functional groups attached to an aromatic ring is 1. The Morgan fingerprint density at radius 2 is 2.10 bits per heavy atom. The summed E-state index contributed by atoms with van der Waals surface area (Å²) in [5.74, 6) is -0.482. The van der Waals surface area contributed by atoms with Crippen molar-refractivity contribution in [2.75, 3.05) is 12.3 Å². The molecule has 0 aliphatic rings. The molecule has 2 aromatic heterocycles. The van der Waals surface area contributed by atoms with Crippen LogP contribution in [0.4, 0.5) is 19.1 Å². The van der Waals surface area contributed by atoms with Gasteiger partial charge in [-0.3, -0.25) is 4.79 Å². The summed E-state index contributed by atoms with van der Waals surface area (Å²) in [5, 5.41) is 1.50. The normalized spacial score (nSPS) is 12.7. The molecule has 0 atom stereocenters. The number of hydrogen-bond donors (Lipinski definition) is 2. The van der Waals surface area contributed by atoms with Crippen molar-refractivity contribution in [1.29, 1.82) is 0 Å². The van der Waals surface area contributed by atoms with Crippen LogP contribution in [0.1, 0.15) is 40.6 Å². The van der Waals surface area contributed by atoms with E-state index in [1.54, 1.807) is 12.3 Å². The second-order valence-electron chi connectivity index (χ2n) is 6.01. The summed E-state index contributed by atoms with van der Waals surface area (Å²) in [4.78, 5) is 23.3. The first kappa shape index (κ1) is 22.3. The molecule has 0 bridgehead atoms. The van der Waals surface area contributed by atoms with E-state index < -0.39 is 17.1 Å². The number of nitrogens with two attached hydrogens (primary N) is 1. The summed E-state index contributed by atoms with van der Waals surface area (Å²) < 4.78 is 37.8. The smallest absolute Gasteiger partial charge is 0.368 e. The van der Waals surface area contributed by atoms with Crippen LogP contribution in [-0.4, -0.2) is 27.4 Å². The maximum atomic E-state index is 12.6. The van der Waals surface area contributed by atoms with E-state index in [0.717, 1.165) is 23.8 Å². The molecule has 6 nitrogen and oxygen atoms in total. The molecule has 2 rings (SSSR count). The molecule has 0 spiro atoms. The molecule has 3 N–H and O–H groups in total. The maximum absolute atomic E-state index is 12.6. The molecular weight excluding hydrogens is 403 g/mol. The molecule has 10 heteroatoms. The predicted octanol–water partition coefficient (Wildman–Crippen LogP) is 4.26. The number of nitrogens with zero attached hydrogens (tertiary/aromatic N) is 3. The first-order chi connectivity index (χ1) is 13.6. The van der Waals surface area contributed by atoms with Gasteiger partial charge >= 0.3 is 6.18 Å². The van der Waals surface area contributed by atoms with E-state index in [0.29, 0.717) is 22.6 Å². The standard InChI is InChI=1S/C19H20F3N5OS/c1-4-5-13(14-6-7-24-18(23)27-14)8-11(2)12(3)9-25-16(28)15-10-26-17(29-15)19(20,21)22/h5-8,10H,3-4,9H2,1-2H3,(H,25,28)(H2,23,24,27)/b11-8-,13-5+. The monoisotopic (exact) mass is 423 g/mol. The average molecular weight is 423 g/mol. The SMILES string of the molecule is C=C(CNC(=O)c1cnc(C(F)(F)F)s1)/C(C)=C\C(=C/CC)c1ccnc(N)n1. The third kappa shape index (κ3) is 6.24. The van der Waals surface area contributed by atoms with Crippen molar-refractivity contribution in [3.63, 3.8) is 0 Å². The molecule has 0 aromatic carbocycles. The number of halogens is 3. The largest absolute Gasteiger partial charge is 0.443 e. The lowest BCUT2D eigenvalue weighted by atomic mass is 10.0. The summed E-state index contributed by atoms with van der Waals surface area (Å²) in [5.41, 5.74) is 8.49. The van der Waals surface area contributed by atoms with Crippen molar-refractivity contribution in [3.8, 4) is 0 Å². The fraction of sp³-hybridized carbons (Fsp3) is 0.263. The molecule has 29 heavy (non-hydrogen) atoms. The second kappa shape index (κ2) is 9.46. The van der Waals surface area contributed by atoms with Gasteiger partial charge in [-0.2, -0.15) is 13.2 Å². The molecule has 0 unspecified atom stereocenters. The van der Waals surface area contributed by atoms with Crippen molar-refractivity contribution in [1.82, 2.24) is 20.3 Å². The van der Waals surface area contributed by atoms with Crippen LogP contribution in [0.2, 0.25) is 0 Å². The van der Waals surface area contributed by atoms with Crippen LogP contribution in [0, 0.1) is 0 Å². The Kier molecular flexibility index (Phi) is 7.27. The van der Waals surface area contributed by atoms with Gasteiger partial charge in [0, 0.05) is 12.7 Å². The van der Waals surface area contributed by atoms with Crippen LogP contribution in [-0.2, 0) is 6.18 Å². The molecule has 2 aromatic rings. The number of allylic oxidation sites excluding steroid dienone is 3. The first-order valence-corrected chi connectivity index (χ1v) is 9.40. The minimum Gasteiger partial charge on any atom is -0.368 e. The van der Waals surface area contributed by atoms with Crippen LogP contribution in [0.25, 0.3) is 5.57 Å². The number of aromatic nitrogens is 3. The van der Waals surface area contributed by atoms with Gasteiger partial charge in [0.25, 0.3) is 5.91 Å². The first-order valence-electron chi connectivity index (χ1n) is 8.58. The number of hydrogen-bond acceptors (Lipinski definition) is 6. The Morgan fingerprint density at radius 1 is 1.38 bits per heavy atom. The Morgan fingerprint density at radius 3 is 2.69 bits per heavy atom. The highest BCUT2D eigenvalue weighted by Crippen LogP contribution is 2.32. The molecule has 154 valence electrons. The third-order valence-corrected chi connectivity index (χ3v) is 4.80. The predicted molar refractivity (Wildman–Crippen MR) is 107 cm³/mol. The Labute approximate surface area is 170 Å². The number of rotatable bonds is 7. The quantitative estimate of drug-likeness (QED) is 0.649. The molecule has 0 saturated carbocycles. The number of carbonyl (C=O) groups excluding carboxylic acids is 1. The lowest BCUT2D eigenvalue weighted by Crippen LogP contribution is -2.24. The van der Waals surface area contributed by atoms with Crippen molar-refractivity contribution in [2.45, 2.75) is 26.4 Å². The van der Waals surface area contributed by atoms with E-state index in [4.69, 9.17) is 5.73 Å². The van der Waals surface area contributed by atoms with Gasteiger partial charge in [-0.15, -0.1) is 11.3 Å². The molecular formula is C19H20F3N5OS. The maximum Gasteiger partial charge on any atom is 0.443 e. The summed E-state index contributed by atoms with van der Waals surface area (Å²) in [6.45, 7) is 7.80. The van der Waals surface area contributed by atoms with Crippen LogP contribution < -0.4 is 11.1 Å². The summed E-state index contributed by atoms with van der Waals surface area (Å²) in [6.07, 6.45) is 2.48. The number of anilines is 1. The van der Waals surface area contributed by atoms with Gasteiger partial charge in [-0.25, -0.2) is 15.0 Å².